The van der Waals surface area contributed by atoms with E-state index in [-0.39, 0.29) is 11.9 Å². The summed E-state index contributed by atoms with van der Waals surface area (Å²) in [5.41, 5.74) is 2.91. The van der Waals surface area contributed by atoms with E-state index in [0.717, 1.165) is 72.4 Å². The van der Waals surface area contributed by atoms with Gasteiger partial charge in [-0.3, -0.25) is 0 Å². The Hall–Kier alpha value is -2.90. The molecule has 0 amide bonds. The Kier molecular flexibility index (Phi) is 11.5. The molecule has 0 aliphatic carbocycles. The van der Waals surface area contributed by atoms with Crippen LogP contribution in [0.1, 0.15) is 98.8 Å². The molecule has 0 radical (unpaired) electrons. The smallest absolute Gasteiger partial charge is 0.338 e. The van der Waals surface area contributed by atoms with Crippen molar-refractivity contribution in [2.24, 2.45) is 11.8 Å². The largest absolute Gasteiger partial charge is 0.462 e. The Labute approximate surface area is 257 Å². The number of fused-ring (bicyclic) bond motifs is 3. The summed E-state index contributed by atoms with van der Waals surface area (Å²) in [6.07, 6.45) is 11.7. The number of aromatic amines is 1. The third kappa shape index (κ3) is 8.60. The van der Waals surface area contributed by atoms with Crippen molar-refractivity contribution in [2.45, 2.75) is 78.1 Å². The van der Waals surface area contributed by atoms with Crippen LogP contribution in [0.5, 0.6) is 0 Å². The number of nitrogens with one attached hydrogen (secondary N) is 1. The molecule has 7 nitrogen and oxygen atoms in total. The van der Waals surface area contributed by atoms with Crippen LogP contribution in [0.25, 0.3) is 21.8 Å². The van der Waals surface area contributed by atoms with Gasteiger partial charge in [0.1, 0.15) is 0 Å². The number of rotatable bonds is 14. The van der Waals surface area contributed by atoms with Gasteiger partial charge in [0.2, 0.25) is 0 Å². The van der Waals surface area contributed by atoms with Crippen LogP contribution in [0.2, 0.25) is 0 Å². The molecular weight excluding hydrogens is 538 g/mol. The van der Waals surface area contributed by atoms with E-state index >= 15 is 0 Å². The fraction of sp³-hybridized carbons (Fsp3) is 0.611. The number of aromatic nitrogens is 1. The van der Waals surface area contributed by atoms with Crippen molar-refractivity contribution in [1.29, 1.82) is 0 Å². The lowest BCUT2D eigenvalue weighted by Crippen LogP contribution is -2.34. The maximum absolute atomic E-state index is 12.8. The molecule has 5 rings (SSSR count). The third-order valence-electron chi connectivity index (χ3n) is 9.84. The molecule has 0 spiro atoms. The van der Waals surface area contributed by atoms with Gasteiger partial charge in [-0.05, 0) is 139 Å². The number of esters is 2. The van der Waals surface area contributed by atoms with Crippen LogP contribution < -0.4 is 0 Å². The highest BCUT2D eigenvalue weighted by Gasteiger charge is 2.19. The van der Waals surface area contributed by atoms with Crippen molar-refractivity contribution in [2.75, 3.05) is 52.5 Å². The quantitative estimate of drug-likeness (QED) is 0.156. The third-order valence-corrected chi connectivity index (χ3v) is 9.84. The number of ether oxygens (including phenoxy) is 2. The van der Waals surface area contributed by atoms with Gasteiger partial charge in [-0.1, -0.05) is 26.7 Å². The van der Waals surface area contributed by atoms with Gasteiger partial charge in [0.15, 0.2) is 0 Å². The number of hydrogen-bond donors (Lipinski definition) is 1. The highest BCUT2D eigenvalue weighted by atomic mass is 16.5. The lowest BCUT2D eigenvalue weighted by atomic mass is 9.94. The molecule has 2 aliphatic rings. The monoisotopic (exact) mass is 589 g/mol. The van der Waals surface area contributed by atoms with Crippen LogP contribution >= 0.6 is 0 Å². The number of hydrogen-bond acceptors (Lipinski definition) is 6. The van der Waals surface area contributed by atoms with Crippen LogP contribution in [0.15, 0.2) is 36.4 Å². The van der Waals surface area contributed by atoms with E-state index in [2.05, 4.69) is 28.6 Å². The zero-order valence-corrected chi connectivity index (χ0v) is 26.4. The number of benzene rings is 2. The first-order valence-electron chi connectivity index (χ1n) is 16.9. The van der Waals surface area contributed by atoms with Crippen LogP contribution in [0.3, 0.4) is 0 Å². The van der Waals surface area contributed by atoms with Gasteiger partial charge in [0, 0.05) is 21.8 Å². The number of nitrogens with zero attached hydrogens (tertiary/aromatic N) is 2. The van der Waals surface area contributed by atoms with Gasteiger partial charge in [0.05, 0.1) is 24.3 Å². The fourth-order valence-electron chi connectivity index (χ4n) is 6.76. The van der Waals surface area contributed by atoms with E-state index in [1.54, 1.807) is 12.1 Å². The number of carbonyl (C=O) groups excluding carboxylic acids is 2. The molecule has 0 unspecified atom stereocenters. The second kappa shape index (κ2) is 15.7. The SMILES string of the molecule is CCC1CCN(CCCCOC(=O)c2ccc3[nH]c4ccc(C(=O)OCCCCN5CCC(CC)CC5)cc4c3c2)CC1. The van der Waals surface area contributed by atoms with Crippen molar-refractivity contribution in [3.05, 3.63) is 47.5 Å². The average molecular weight is 590 g/mol. The Balaban J connectivity index is 1.07. The minimum Gasteiger partial charge on any atom is -0.462 e. The van der Waals surface area contributed by atoms with Gasteiger partial charge in [-0.25, -0.2) is 9.59 Å². The normalized spacial score (nSPS) is 17.5. The first-order valence-corrected chi connectivity index (χ1v) is 16.9. The van der Waals surface area contributed by atoms with Gasteiger partial charge in [-0.2, -0.15) is 0 Å². The molecule has 2 aliphatic heterocycles. The lowest BCUT2D eigenvalue weighted by molar-refractivity contribution is 0.0484. The van der Waals surface area contributed by atoms with Gasteiger partial charge >= 0.3 is 11.9 Å². The van der Waals surface area contributed by atoms with E-state index in [4.69, 9.17) is 9.47 Å². The molecule has 7 heteroatoms. The Morgan fingerprint density at radius 2 is 1.09 bits per heavy atom. The summed E-state index contributed by atoms with van der Waals surface area (Å²) in [7, 11) is 0. The van der Waals surface area contributed by atoms with E-state index in [9.17, 15) is 9.59 Å². The van der Waals surface area contributed by atoms with Crippen molar-refractivity contribution in [3.63, 3.8) is 0 Å². The molecule has 1 aromatic heterocycles. The Morgan fingerprint density at radius 1 is 0.674 bits per heavy atom. The predicted molar refractivity (Wildman–Crippen MR) is 174 cm³/mol. The lowest BCUT2D eigenvalue weighted by Gasteiger charge is -2.31. The van der Waals surface area contributed by atoms with Crippen molar-refractivity contribution >= 4 is 33.7 Å². The molecule has 0 saturated carbocycles. The van der Waals surface area contributed by atoms with Crippen LogP contribution in [0.4, 0.5) is 0 Å². The van der Waals surface area contributed by atoms with Crippen molar-refractivity contribution in [3.8, 4) is 0 Å². The fourth-order valence-corrected chi connectivity index (χ4v) is 6.76. The van der Waals surface area contributed by atoms with E-state index < -0.39 is 0 Å². The molecular formula is C36H51N3O4. The van der Waals surface area contributed by atoms with Crippen LogP contribution in [0, 0.1) is 11.8 Å². The van der Waals surface area contributed by atoms with E-state index in [0.29, 0.717) is 24.3 Å². The molecule has 0 atom stereocenters. The van der Waals surface area contributed by atoms with Crippen LogP contribution in [-0.2, 0) is 9.47 Å². The Bertz CT molecular complexity index is 1230. The zero-order chi connectivity index (χ0) is 30.0. The molecule has 43 heavy (non-hydrogen) atoms. The maximum Gasteiger partial charge on any atom is 0.338 e. The summed E-state index contributed by atoms with van der Waals surface area (Å²) in [6.45, 7) is 12.4. The van der Waals surface area contributed by atoms with Gasteiger partial charge in [0.25, 0.3) is 0 Å². The summed E-state index contributed by atoms with van der Waals surface area (Å²) < 4.78 is 11.2. The summed E-state index contributed by atoms with van der Waals surface area (Å²) in [4.78, 5) is 34.1. The number of carbonyl (C=O) groups is 2. The maximum atomic E-state index is 12.8. The topological polar surface area (TPSA) is 74.9 Å². The highest BCUT2D eigenvalue weighted by Crippen LogP contribution is 2.28. The highest BCUT2D eigenvalue weighted by molar-refractivity contribution is 6.11. The van der Waals surface area contributed by atoms with Crippen molar-refractivity contribution < 1.29 is 19.1 Å². The number of piperidine rings is 2. The molecule has 1 N–H and O–H groups in total. The minimum absolute atomic E-state index is 0.301. The molecule has 234 valence electrons. The summed E-state index contributed by atoms with van der Waals surface area (Å²) in [5.74, 6) is 1.19. The van der Waals surface area contributed by atoms with Gasteiger partial charge in [-0.15, -0.1) is 0 Å². The molecule has 0 bridgehead atoms. The van der Waals surface area contributed by atoms with Crippen molar-refractivity contribution in [1.82, 2.24) is 14.8 Å². The molecule has 3 heterocycles. The minimum atomic E-state index is -0.301. The molecule has 2 aromatic carbocycles. The second-order valence-corrected chi connectivity index (χ2v) is 12.7. The zero-order valence-electron chi connectivity index (χ0n) is 26.4. The second-order valence-electron chi connectivity index (χ2n) is 12.7. The summed E-state index contributed by atoms with van der Waals surface area (Å²) >= 11 is 0. The summed E-state index contributed by atoms with van der Waals surface area (Å²) in [5, 5.41) is 1.81. The number of H-pyrrole nitrogens is 1. The van der Waals surface area contributed by atoms with E-state index in [1.807, 2.05) is 24.3 Å². The summed E-state index contributed by atoms with van der Waals surface area (Å²) in [6, 6.07) is 11.2. The standard InChI is InChI=1S/C36H51N3O4/c1-3-27-13-19-38(20-14-27)17-5-7-23-42-35(40)29-9-11-33-31(25-29)32-26-30(10-12-34(32)37-33)36(41)43-24-8-6-18-39-21-15-28(4-2)16-22-39/h9-12,25-28,37H,3-8,13-24H2,1-2H3. The Morgan fingerprint density at radius 3 is 1.49 bits per heavy atom. The first-order chi connectivity index (χ1) is 21.0. The molecule has 2 saturated heterocycles. The number of unbranched alkanes of at least 4 members (excludes halogenated alkanes) is 2. The van der Waals surface area contributed by atoms with Crippen LogP contribution in [-0.4, -0.2) is 79.2 Å². The van der Waals surface area contributed by atoms with E-state index in [1.165, 1.54) is 64.7 Å². The predicted octanol–water partition coefficient (Wildman–Crippen LogP) is 7.44. The first kappa shape index (κ1) is 31.5. The average Bonchev–Trinajstić information content (AvgIpc) is 3.42. The molecule has 2 fully saturated rings. The van der Waals surface area contributed by atoms with Gasteiger partial charge < -0.3 is 24.3 Å². The number of likely N-dealkylation sites (tertiary alicyclic amines) is 2. The molecule has 3 aromatic rings.